The van der Waals surface area contributed by atoms with Gasteiger partial charge in [0.25, 0.3) is 0 Å². The number of carbonyl (C=O) groups is 1. The molecule has 0 bridgehead atoms. The van der Waals surface area contributed by atoms with Crippen molar-refractivity contribution in [3.05, 3.63) is 36.0 Å². The number of aromatic nitrogens is 1. The lowest BCUT2D eigenvalue weighted by atomic mass is 10.1. The lowest BCUT2D eigenvalue weighted by Gasteiger charge is -2.05. The third-order valence-corrected chi connectivity index (χ3v) is 2.30. The second-order valence-electron chi connectivity index (χ2n) is 3.41. The highest BCUT2D eigenvalue weighted by Gasteiger charge is 2.01. The third kappa shape index (κ3) is 2.03. The zero-order valence-corrected chi connectivity index (χ0v) is 8.47. The van der Waals surface area contributed by atoms with Gasteiger partial charge in [0.2, 0.25) is 0 Å². The SMILES string of the molecule is Nc1nccc2cc(CNC(=O)O)ccc12. The highest BCUT2D eigenvalue weighted by molar-refractivity contribution is 5.91. The summed E-state index contributed by atoms with van der Waals surface area (Å²) in [5.74, 6) is 0.482. The quantitative estimate of drug-likeness (QED) is 0.712. The summed E-state index contributed by atoms with van der Waals surface area (Å²) in [6, 6.07) is 7.41. The van der Waals surface area contributed by atoms with Gasteiger partial charge in [-0.05, 0) is 23.1 Å². The Labute approximate surface area is 91.9 Å². The second kappa shape index (κ2) is 4.06. The zero-order valence-electron chi connectivity index (χ0n) is 8.47. The van der Waals surface area contributed by atoms with Gasteiger partial charge in [-0.15, -0.1) is 0 Å². The molecule has 0 atom stereocenters. The minimum atomic E-state index is -1.03. The van der Waals surface area contributed by atoms with Gasteiger partial charge in [-0.25, -0.2) is 9.78 Å². The molecule has 5 heteroatoms. The highest BCUT2D eigenvalue weighted by Crippen LogP contribution is 2.19. The van der Waals surface area contributed by atoms with Gasteiger partial charge in [0, 0.05) is 18.1 Å². The lowest BCUT2D eigenvalue weighted by Crippen LogP contribution is -2.19. The molecule has 2 rings (SSSR count). The van der Waals surface area contributed by atoms with Crippen LogP contribution in [0.3, 0.4) is 0 Å². The molecule has 1 aromatic heterocycles. The van der Waals surface area contributed by atoms with E-state index in [0.717, 1.165) is 16.3 Å². The Morgan fingerprint density at radius 2 is 2.25 bits per heavy atom. The van der Waals surface area contributed by atoms with Crippen molar-refractivity contribution in [2.45, 2.75) is 6.54 Å². The van der Waals surface area contributed by atoms with Crippen LogP contribution in [0.5, 0.6) is 0 Å². The van der Waals surface area contributed by atoms with Crippen molar-refractivity contribution in [3.8, 4) is 0 Å². The van der Waals surface area contributed by atoms with Crippen LogP contribution in [0, 0.1) is 0 Å². The first-order valence-electron chi connectivity index (χ1n) is 4.77. The topological polar surface area (TPSA) is 88.2 Å². The van der Waals surface area contributed by atoms with E-state index < -0.39 is 6.09 Å². The molecule has 0 radical (unpaired) electrons. The van der Waals surface area contributed by atoms with E-state index in [9.17, 15) is 4.79 Å². The summed E-state index contributed by atoms with van der Waals surface area (Å²) in [7, 11) is 0. The molecule has 0 aliphatic carbocycles. The molecule has 82 valence electrons. The van der Waals surface area contributed by atoms with Crippen LogP contribution in [0.2, 0.25) is 0 Å². The lowest BCUT2D eigenvalue weighted by molar-refractivity contribution is 0.194. The Morgan fingerprint density at radius 3 is 3.00 bits per heavy atom. The second-order valence-corrected chi connectivity index (χ2v) is 3.41. The van der Waals surface area contributed by atoms with E-state index in [2.05, 4.69) is 10.3 Å². The summed E-state index contributed by atoms with van der Waals surface area (Å²) in [5, 5.41) is 12.6. The van der Waals surface area contributed by atoms with Gasteiger partial charge in [0.15, 0.2) is 0 Å². The predicted octanol–water partition coefficient (Wildman–Crippen LogP) is 1.58. The molecule has 0 unspecified atom stereocenters. The van der Waals surface area contributed by atoms with E-state index in [-0.39, 0.29) is 6.54 Å². The number of hydrogen-bond acceptors (Lipinski definition) is 3. The molecule has 0 saturated heterocycles. The van der Waals surface area contributed by atoms with E-state index in [4.69, 9.17) is 10.8 Å². The van der Waals surface area contributed by atoms with Gasteiger partial charge in [0.1, 0.15) is 5.82 Å². The van der Waals surface area contributed by atoms with Gasteiger partial charge in [-0.2, -0.15) is 0 Å². The number of carboxylic acid groups (broad SMARTS) is 1. The maximum Gasteiger partial charge on any atom is 0.404 e. The molecule has 2 aromatic rings. The van der Waals surface area contributed by atoms with Crippen molar-refractivity contribution in [1.29, 1.82) is 0 Å². The fraction of sp³-hybridized carbons (Fsp3) is 0.0909. The summed E-state index contributed by atoms with van der Waals surface area (Å²) in [4.78, 5) is 14.3. The number of fused-ring (bicyclic) bond motifs is 1. The first-order chi connectivity index (χ1) is 7.66. The van der Waals surface area contributed by atoms with Crippen LogP contribution in [0.1, 0.15) is 5.56 Å². The first kappa shape index (κ1) is 10.2. The monoisotopic (exact) mass is 217 g/mol. The molecule has 1 aromatic carbocycles. The number of nitrogens with two attached hydrogens (primary N) is 1. The minimum absolute atomic E-state index is 0.285. The minimum Gasteiger partial charge on any atom is -0.465 e. The number of pyridine rings is 1. The Kier molecular flexibility index (Phi) is 2.59. The van der Waals surface area contributed by atoms with Crippen LogP contribution in [0.4, 0.5) is 10.6 Å². The number of nitrogens with zero attached hydrogens (tertiary/aromatic N) is 1. The number of amides is 1. The third-order valence-electron chi connectivity index (χ3n) is 2.30. The van der Waals surface area contributed by atoms with Crippen molar-refractivity contribution in [1.82, 2.24) is 10.3 Å². The Morgan fingerprint density at radius 1 is 1.44 bits per heavy atom. The maximum atomic E-state index is 10.3. The van der Waals surface area contributed by atoms with Gasteiger partial charge in [0.05, 0.1) is 0 Å². The largest absolute Gasteiger partial charge is 0.465 e. The van der Waals surface area contributed by atoms with E-state index in [1.807, 2.05) is 24.3 Å². The van der Waals surface area contributed by atoms with Crippen LogP contribution in [0.25, 0.3) is 10.8 Å². The van der Waals surface area contributed by atoms with Gasteiger partial charge < -0.3 is 16.2 Å². The molecule has 16 heavy (non-hydrogen) atoms. The van der Waals surface area contributed by atoms with E-state index in [1.165, 1.54) is 0 Å². The fourth-order valence-corrected chi connectivity index (χ4v) is 1.54. The van der Waals surface area contributed by atoms with Crippen molar-refractivity contribution in [2.75, 3.05) is 5.73 Å². The fourth-order valence-electron chi connectivity index (χ4n) is 1.54. The van der Waals surface area contributed by atoms with Crippen molar-refractivity contribution >= 4 is 22.7 Å². The standard InChI is InChI=1S/C11H11N3O2/c12-10-9-2-1-7(6-14-11(15)16)5-8(9)3-4-13-10/h1-5,14H,6H2,(H2,12,13)(H,15,16). The van der Waals surface area contributed by atoms with E-state index in [0.29, 0.717) is 5.82 Å². The molecule has 0 aliphatic rings. The predicted molar refractivity (Wildman–Crippen MR) is 61.0 cm³/mol. The van der Waals surface area contributed by atoms with E-state index in [1.54, 1.807) is 6.20 Å². The average Bonchev–Trinajstić information content (AvgIpc) is 2.26. The average molecular weight is 217 g/mol. The first-order valence-corrected chi connectivity index (χ1v) is 4.77. The molecule has 1 amide bonds. The molecular formula is C11H11N3O2. The zero-order chi connectivity index (χ0) is 11.5. The molecule has 4 N–H and O–H groups in total. The number of anilines is 1. The molecule has 0 aliphatic heterocycles. The molecular weight excluding hydrogens is 206 g/mol. The highest BCUT2D eigenvalue weighted by atomic mass is 16.4. The van der Waals surface area contributed by atoms with Gasteiger partial charge in [-0.3, -0.25) is 0 Å². The Hall–Kier alpha value is -2.30. The molecule has 0 saturated carbocycles. The van der Waals surface area contributed by atoms with Crippen molar-refractivity contribution in [2.24, 2.45) is 0 Å². The van der Waals surface area contributed by atoms with Crippen molar-refractivity contribution in [3.63, 3.8) is 0 Å². The summed E-state index contributed by atoms with van der Waals surface area (Å²) in [6.07, 6.45) is 0.598. The summed E-state index contributed by atoms with van der Waals surface area (Å²) < 4.78 is 0. The normalized spacial score (nSPS) is 10.2. The number of hydrogen-bond donors (Lipinski definition) is 3. The van der Waals surface area contributed by atoms with Crippen LogP contribution in [-0.4, -0.2) is 16.2 Å². The van der Waals surface area contributed by atoms with Crippen LogP contribution in [-0.2, 0) is 6.54 Å². The summed E-state index contributed by atoms with van der Waals surface area (Å²) >= 11 is 0. The smallest absolute Gasteiger partial charge is 0.404 e. The number of nitrogens with one attached hydrogen (secondary N) is 1. The van der Waals surface area contributed by atoms with Gasteiger partial charge >= 0.3 is 6.09 Å². The molecule has 5 nitrogen and oxygen atoms in total. The number of nitrogen functional groups attached to an aromatic ring is 1. The Bertz CT molecular complexity index is 540. The molecule has 1 heterocycles. The van der Waals surface area contributed by atoms with Crippen molar-refractivity contribution < 1.29 is 9.90 Å². The number of benzene rings is 1. The molecule has 0 fully saturated rings. The van der Waals surface area contributed by atoms with Gasteiger partial charge in [-0.1, -0.05) is 12.1 Å². The van der Waals surface area contributed by atoms with Crippen LogP contribution < -0.4 is 11.1 Å². The molecule has 0 spiro atoms. The van der Waals surface area contributed by atoms with Crippen LogP contribution >= 0.6 is 0 Å². The van der Waals surface area contributed by atoms with Crippen LogP contribution in [0.15, 0.2) is 30.5 Å². The summed E-state index contributed by atoms with van der Waals surface area (Å²) in [6.45, 7) is 0.285. The Balaban J connectivity index is 2.33. The van der Waals surface area contributed by atoms with E-state index >= 15 is 0 Å². The summed E-state index contributed by atoms with van der Waals surface area (Å²) in [5.41, 5.74) is 6.60. The number of rotatable bonds is 2. The maximum absolute atomic E-state index is 10.3.